The molecule has 1 aliphatic heterocycles. The molecule has 1 aromatic rings. The van der Waals surface area contributed by atoms with E-state index in [-0.39, 0.29) is 0 Å². The van der Waals surface area contributed by atoms with Crippen molar-refractivity contribution in [1.82, 2.24) is 0 Å². The van der Waals surface area contributed by atoms with Crippen LogP contribution in [0.25, 0.3) is 0 Å². The zero-order chi connectivity index (χ0) is 12.6. The lowest BCUT2D eigenvalue weighted by Crippen LogP contribution is -2.32. The van der Waals surface area contributed by atoms with E-state index in [9.17, 15) is 0 Å². The van der Waals surface area contributed by atoms with Crippen molar-refractivity contribution in [1.29, 1.82) is 0 Å². The minimum absolute atomic E-state index is 0.618. The first-order valence-corrected chi connectivity index (χ1v) is 6.33. The lowest BCUT2D eigenvalue weighted by atomic mass is 9.85. The van der Waals surface area contributed by atoms with Crippen molar-refractivity contribution in [2.75, 3.05) is 27.4 Å². The minimum Gasteiger partial charge on any atom is -0.496 e. The van der Waals surface area contributed by atoms with Gasteiger partial charge in [0.1, 0.15) is 11.5 Å². The summed E-state index contributed by atoms with van der Waals surface area (Å²) in [6.45, 7) is 1.28. The second-order valence-corrected chi connectivity index (χ2v) is 4.63. The van der Waals surface area contributed by atoms with E-state index >= 15 is 0 Å². The molecule has 0 N–H and O–H groups in total. The fourth-order valence-corrected chi connectivity index (χ4v) is 3.00. The van der Waals surface area contributed by atoms with Crippen molar-refractivity contribution in [3.63, 3.8) is 0 Å². The highest BCUT2D eigenvalue weighted by Gasteiger charge is 2.45. The molecular weight excluding hydrogens is 232 g/mol. The third-order valence-electron chi connectivity index (χ3n) is 3.74. The predicted octanol–water partition coefficient (Wildman–Crippen LogP) is 2.24. The summed E-state index contributed by atoms with van der Waals surface area (Å²) in [4.78, 5) is 0. The SMILES string of the molecule is COc1ccc(OC)c2c1CCCC21OCCO1. The van der Waals surface area contributed by atoms with Gasteiger partial charge in [0, 0.05) is 12.0 Å². The zero-order valence-electron chi connectivity index (χ0n) is 10.8. The van der Waals surface area contributed by atoms with E-state index in [2.05, 4.69) is 0 Å². The summed E-state index contributed by atoms with van der Waals surface area (Å²) in [7, 11) is 3.37. The monoisotopic (exact) mass is 250 g/mol. The van der Waals surface area contributed by atoms with E-state index < -0.39 is 5.79 Å². The fourth-order valence-electron chi connectivity index (χ4n) is 3.00. The van der Waals surface area contributed by atoms with Crippen molar-refractivity contribution in [2.24, 2.45) is 0 Å². The van der Waals surface area contributed by atoms with Crippen molar-refractivity contribution in [3.8, 4) is 11.5 Å². The van der Waals surface area contributed by atoms with E-state index in [1.165, 1.54) is 0 Å². The summed E-state index contributed by atoms with van der Waals surface area (Å²) in [5.41, 5.74) is 2.18. The van der Waals surface area contributed by atoms with E-state index in [4.69, 9.17) is 18.9 Å². The average molecular weight is 250 g/mol. The average Bonchev–Trinajstić information content (AvgIpc) is 2.87. The molecule has 0 atom stereocenters. The van der Waals surface area contributed by atoms with E-state index in [1.54, 1.807) is 14.2 Å². The zero-order valence-corrected chi connectivity index (χ0v) is 10.8. The Morgan fingerprint density at radius 1 is 1.06 bits per heavy atom. The van der Waals surface area contributed by atoms with Crippen LogP contribution in [0.3, 0.4) is 0 Å². The molecule has 2 aliphatic rings. The number of methoxy groups -OCH3 is 2. The van der Waals surface area contributed by atoms with Gasteiger partial charge in [-0.15, -0.1) is 0 Å². The molecule has 0 bridgehead atoms. The molecule has 1 saturated heterocycles. The Balaban J connectivity index is 2.19. The molecule has 4 nitrogen and oxygen atoms in total. The third-order valence-corrected chi connectivity index (χ3v) is 3.74. The van der Waals surface area contributed by atoms with Crippen LogP contribution in [0.4, 0.5) is 0 Å². The van der Waals surface area contributed by atoms with Gasteiger partial charge in [-0.2, -0.15) is 0 Å². The van der Waals surface area contributed by atoms with E-state index in [1.807, 2.05) is 12.1 Å². The highest BCUT2D eigenvalue weighted by Crippen LogP contribution is 2.48. The van der Waals surface area contributed by atoms with Gasteiger partial charge in [0.15, 0.2) is 5.79 Å². The Hall–Kier alpha value is -1.26. The van der Waals surface area contributed by atoms with Crippen LogP contribution in [0, 0.1) is 0 Å². The number of benzene rings is 1. The molecule has 1 aliphatic carbocycles. The Labute approximate surface area is 107 Å². The first-order valence-electron chi connectivity index (χ1n) is 6.33. The maximum Gasteiger partial charge on any atom is 0.198 e. The third kappa shape index (κ3) is 1.60. The van der Waals surface area contributed by atoms with Crippen molar-refractivity contribution in [3.05, 3.63) is 23.3 Å². The second-order valence-electron chi connectivity index (χ2n) is 4.63. The summed E-state index contributed by atoms with van der Waals surface area (Å²) >= 11 is 0. The predicted molar refractivity (Wildman–Crippen MR) is 66.1 cm³/mol. The van der Waals surface area contributed by atoms with E-state index in [0.29, 0.717) is 13.2 Å². The van der Waals surface area contributed by atoms with Gasteiger partial charge in [-0.25, -0.2) is 0 Å². The molecule has 0 radical (unpaired) electrons. The van der Waals surface area contributed by atoms with Crippen LogP contribution in [0.5, 0.6) is 11.5 Å². The lowest BCUT2D eigenvalue weighted by Gasteiger charge is -2.35. The fraction of sp³-hybridized carbons (Fsp3) is 0.571. The molecular formula is C14H18O4. The molecule has 0 unspecified atom stereocenters. The van der Waals surface area contributed by atoms with Gasteiger partial charge in [-0.05, 0) is 25.0 Å². The van der Waals surface area contributed by atoms with Gasteiger partial charge in [0.05, 0.1) is 33.0 Å². The highest BCUT2D eigenvalue weighted by molar-refractivity contribution is 5.52. The standard InChI is InChI=1S/C14H18O4/c1-15-11-5-6-12(16-2)13-10(11)4-3-7-14(13)17-8-9-18-14/h5-6H,3-4,7-9H2,1-2H3. The van der Waals surface area contributed by atoms with Crippen molar-refractivity contribution in [2.45, 2.75) is 25.0 Å². The molecule has 3 rings (SSSR count). The van der Waals surface area contributed by atoms with Gasteiger partial charge in [0.25, 0.3) is 0 Å². The molecule has 0 aromatic heterocycles. The van der Waals surface area contributed by atoms with Crippen LogP contribution >= 0.6 is 0 Å². The van der Waals surface area contributed by atoms with Crippen LogP contribution in [0.15, 0.2) is 12.1 Å². The lowest BCUT2D eigenvalue weighted by molar-refractivity contribution is -0.176. The quantitative estimate of drug-likeness (QED) is 0.806. The summed E-state index contributed by atoms with van der Waals surface area (Å²) in [6, 6.07) is 3.88. The smallest absolute Gasteiger partial charge is 0.198 e. The Morgan fingerprint density at radius 3 is 2.39 bits per heavy atom. The van der Waals surface area contributed by atoms with Crippen molar-refractivity contribution >= 4 is 0 Å². The summed E-state index contributed by atoms with van der Waals surface area (Å²) in [5.74, 6) is 1.10. The van der Waals surface area contributed by atoms with Gasteiger partial charge >= 0.3 is 0 Å². The topological polar surface area (TPSA) is 36.9 Å². The molecule has 18 heavy (non-hydrogen) atoms. The number of fused-ring (bicyclic) bond motifs is 2. The van der Waals surface area contributed by atoms with Gasteiger partial charge in [-0.3, -0.25) is 0 Å². The van der Waals surface area contributed by atoms with Crippen LogP contribution < -0.4 is 9.47 Å². The van der Waals surface area contributed by atoms with Crippen LogP contribution in [-0.4, -0.2) is 27.4 Å². The normalized spacial score (nSPS) is 20.8. The first-order chi connectivity index (χ1) is 8.80. The molecule has 1 aromatic carbocycles. The molecule has 1 spiro atoms. The van der Waals surface area contributed by atoms with Crippen LogP contribution in [0.2, 0.25) is 0 Å². The maximum atomic E-state index is 5.89. The Bertz CT molecular complexity index is 449. The van der Waals surface area contributed by atoms with E-state index in [0.717, 1.165) is 41.9 Å². The summed E-state index contributed by atoms with van der Waals surface area (Å²) in [5, 5.41) is 0. The number of hydrogen-bond donors (Lipinski definition) is 0. The Kier molecular flexibility index (Phi) is 2.92. The number of rotatable bonds is 2. The number of hydrogen-bond acceptors (Lipinski definition) is 4. The molecule has 4 heteroatoms. The van der Waals surface area contributed by atoms with Gasteiger partial charge in [-0.1, -0.05) is 0 Å². The minimum atomic E-state index is -0.618. The molecule has 1 heterocycles. The molecule has 98 valence electrons. The molecule has 0 amide bonds. The highest BCUT2D eigenvalue weighted by atomic mass is 16.7. The van der Waals surface area contributed by atoms with Gasteiger partial charge in [0.2, 0.25) is 0 Å². The van der Waals surface area contributed by atoms with Crippen molar-refractivity contribution < 1.29 is 18.9 Å². The first kappa shape index (κ1) is 11.8. The molecule has 1 fully saturated rings. The molecule has 0 saturated carbocycles. The van der Waals surface area contributed by atoms with Crippen LogP contribution in [0.1, 0.15) is 24.0 Å². The van der Waals surface area contributed by atoms with Gasteiger partial charge < -0.3 is 18.9 Å². The van der Waals surface area contributed by atoms with Crippen LogP contribution in [-0.2, 0) is 21.7 Å². The largest absolute Gasteiger partial charge is 0.496 e. The Morgan fingerprint density at radius 2 is 1.72 bits per heavy atom. The maximum absolute atomic E-state index is 5.89. The second kappa shape index (κ2) is 4.44. The summed E-state index contributed by atoms with van der Waals surface area (Å²) < 4.78 is 22.7. The summed E-state index contributed by atoms with van der Waals surface area (Å²) in [6.07, 6.45) is 2.89. The number of ether oxygens (including phenoxy) is 4.